The number of nitrogens with one attached hydrogen (secondary N) is 1. The Kier molecular flexibility index (Phi) is 7.92. The molecule has 0 saturated heterocycles. The van der Waals surface area contributed by atoms with E-state index in [9.17, 15) is 22.8 Å². The number of carbonyl (C=O) groups is 2. The molecule has 0 bridgehead atoms. The zero-order valence-electron chi connectivity index (χ0n) is 17.4. The Morgan fingerprint density at radius 2 is 1.75 bits per heavy atom. The molecule has 2 heterocycles. The summed E-state index contributed by atoms with van der Waals surface area (Å²) in [5.41, 5.74) is 0.691. The van der Waals surface area contributed by atoms with Gasteiger partial charge >= 0.3 is 6.36 Å². The molecule has 0 saturated carbocycles. The van der Waals surface area contributed by atoms with Crippen molar-refractivity contribution in [1.82, 2.24) is 4.90 Å². The van der Waals surface area contributed by atoms with E-state index < -0.39 is 18.2 Å². The van der Waals surface area contributed by atoms with Crippen LogP contribution in [0.5, 0.6) is 5.75 Å². The van der Waals surface area contributed by atoms with Crippen molar-refractivity contribution in [1.29, 1.82) is 0 Å². The number of imide groups is 1. The van der Waals surface area contributed by atoms with Gasteiger partial charge in [-0.25, -0.2) is 0 Å². The van der Waals surface area contributed by atoms with Crippen LogP contribution in [0, 0.1) is 0 Å². The summed E-state index contributed by atoms with van der Waals surface area (Å²) in [5, 5.41) is 4.70. The Morgan fingerprint density at radius 1 is 1.03 bits per heavy atom. The molecule has 0 aliphatic carbocycles. The average molecular weight is 468 g/mol. The number of anilines is 1. The molecule has 6 nitrogen and oxygen atoms in total. The molecule has 2 aromatic rings. The fourth-order valence-corrected chi connectivity index (χ4v) is 3.87. The molecule has 0 atom stereocenters. The molecule has 3 rings (SSSR count). The summed E-state index contributed by atoms with van der Waals surface area (Å²) in [5.74, 6) is -1.28. The molecule has 1 aliphatic heterocycles. The number of nitrogens with zero attached hydrogens (tertiary/aromatic N) is 1. The second kappa shape index (κ2) is 10.6. The molecule has 32 heavy (non-hydrogen) atoms. The van der Waals surface area contributed by atoms with E-state index in [4.69, 9.17) is 4.74 Å². The zero-order valence-corrected chi connectivity index (χ0v) is 18.2. The molecular formula is C22H23F3N2O4S. The second-order valence-corrected chi connectivity index (χ2v) is 7.95. The topological polar surface area (TPSA) is 67.9 Å². The number of hydrogen-bond donors (Lipinski definition) is 1. The van der Waals surface area contributed by atoms with E-state index in [-0.39, 0.29) is 23.6 Å². The van der Waals surface area contributed by atoms with Gasteiger partial charge in [-0.3, -0.25) is 14.5 Å². The molecule has 2 amide bonds. The van der Waals surface area contributed by atoms with E-state index in [1.54, 1.807) is 17.5 Å². The maximum atomic E-state index is 13.0. The summed E-state index contributed by atoms with van der Waals surface area (Å²) >= 11 is 1.32. The molecular weight excluding hydrogens is 445 g/mol. The van der Waals surface area contributed by atoms with Crippen LogP contribution in [0.15, 0.2) is 47.5 Å². The average Bonchev–Trinajstić information content (AvgIpc) is 3.33. The number of carbonyl (C=O) groups excluding carboxylic acids is 2. The van der Waals surface area contributed by atoms with Gasteiger partial charge in [0.15, 0.2) is 0 Å². The summed E-state index contributed by atoms with van der Waals surface area (Å²) in [6, 6.07) is 8.48. The minimum absolute atomic E-state index is 0.0915. The monoisotopic (exact) mass is 468 g/mol. The van der Waals surface area contributed by atoms with Crippen LogP contribution in [0.25, 0.3) is 5.57 Å². The molecule has 10 heteroatoms. The molecule has 0 spiro atoms. The minimum atomic E-state index is -4.79. The van der Waals surface area contributed by atoms with Crippen molar-refractivity contribution < 1.29 is 32.2 Å². The van der Waals surface area contributed by atoms with Crippen LogP contribution >= 0.6 is 11.3 Å². The van der Waals surface area contributed by atoms with Crippen LogP contribution in [0.1, 0.15) is 31.1 Å². The molecule has 1 aromatic carbocycles. The van der Waals surface area contributed by atoms with Crippen molar-refractivity contribution in [3.8, 4) is 5.75 Å². The first-order chi connectivity index (χ1) is 15.3. The standard InChI is InChI=1S/C22H23F3N2O4S/c1-2-3-12-30-13-5-11-27-20(28)18(17-6-4-14-32-17)19(21(27)29)26-15-7-9-16(10-8-15)31-22(23,24)25/h4,6-10,14,26H,2-3,5,11-13H2,1H3. The second-order valence-electron chi connectivity index (χ2n) is 7.01. The van der Waals surface area contributed by atoms with Crippen LogP contribution in [-0.4, -0.2) is 42.8 Å². The third kappa shape index (κ3) is 6.10. The van der Waals surface area contributed by atoms with Crippen LogP contribution in [-0.2, 0) is 14.3 Å². The van der Waals surface area contributed by atoms with Gasteiger partial charge in [-0.2, -0.15) is 0 Å². The van der Waals surface area contributed by atoms with Gasteiger partial charge < -0.3 is 14.8 Å². The molecule has 0 radical (unpaired) electrons. The van der Waals surface area contributed by atoms with E-state index in [2.05, 4.69) is 17.0 Å². The Hall–Kier alpha value is -2.85. The van der Waals surface area contributed by atoms with Crippen LogP contribution < -0.4 is 10.1 Å². The highest BCUT2D eigenvalue weighted by atomic mass is 32.1. The molecule has 1 N–H and O–H groups in total. The molecule has 1 aliphatic rings. The lowest BCUT2D eigenvalue weighted by Crippen LogP contribution is -2.34. The first-order valence-electron chi connectivity index (χ1n) is 10.1. The number of hydrogen-bond acceptors (Lipinski definition) is 6. The predicted octanol–water partition coefficient (Wildman–Crippen LogP) is 5.05. The smallest absolute Gasteiger partial charge is 0.406 e. The van der Waals surface area contributed by atoms with Crippen molar-refractivity contribution in [3.05, 3.63) is 52.4 Å². The lowest BCUT2D eigenvalue weighted by atomic mass is 10.2. The van der Waals surface area contributed by atoms with Gasteiger partial charge in [-0.1, -0.05) is 19.4 Å². The highest BCUT2D eigenvalue weighted by molar-refractivity contribution is 7.11. The number of amides is 2. The Bertz CT molecular complexity index is 957. The fraction of sp³-hybridized carbons (Fsp3) is 0.364. The molecule has 172 valence electrons. The maximum absolute atomic E-state index is 13.0. The van der Waals surface area contributed by atoms with E-state index in [0.717, 1.165) is 25.0 Å². The van der Waals surface area contributed by atoms with Gasteiger partial charge in [0.1, 0.15) is 11.4 Å². The Morgan fingerprint density at radius 3 is 2.38 bits per heavy atom. The summed E-state index contributed by atoms with van der Waals surface area (Å²) in [6.45, 7) is 3.35. The van der Waals surface area contributed by atoms with Crippen molar-refractivity contribution in [3.63, 3.8) is 0 Å². The zero-order chi connectivity index (χ0) is 23.1. The number of thiophene rings is 1. The highest BCUT2D eigenvalue weighted by Crippen LogP contribution is 2.33. The van der Waals surface area contributed by atoms with Crippen molar-refractivity contribution in [2.75, 3.05) is 25.1 Å². The van der Waals surface area contributed by atoms with Gasteiger partial charge in [0.05, 0.1) is 5.57 Å². The molecule has 0 unspecified atom stereocenters. The summed E-state index contributed by atoms with van der Waals surface area (Å²) < 4.78 is 46.5. The fourth-order valence-electron chi connectivity index (χ4n) is 3.10. The largest absolute Gasteiger partial charge is 0.573 e. The van der Waals surface area contributed by atoms with E-state index >= 15 is 0 Å². The number of benzene rings is 1. The van der Waals surface area contributed by atoms with Gasteiger partial charge in [0.25, 0.3) is 11.8 Å². The summed E-state index contributed by atoms with van der Waals surface area (Å²) in [6.07, 6.45) is -2.31. The van der Waals surface area contributed by atoms with Crippen molar-refractivity contribution in [2.24, 2.45) is 0 Å². The third-order valence-electron chi connectivity index (χ3n) is 4.61. The van der Waals surface area contributed by atoms with Crippen LogP contribution in [0.4, 0.5) is 18.9 Å². The van der Waals surface area contributed by atoms with Crippen molar-refractivity contribution in [2.45, 2.75) is 32.5 Å². The SMILES string of the molecule is CCCCOCCCN1C(=O)C(Nc2ccc(OC(F)(F)F)cc2)=C(c2cccs2)C1=O. The van der Waals surface area contributed by atoms with Gasteiger partial charge in [0, 0.05) is 30.3 Å². The normalized spacial score (nSPS) is 14.4. The summed E-state index contributed by atoms with van der Waals surface area (Å²) in [4.78, 5) is 27.8. The predicted molar refractivity (Wildman–Crippen MR) is 115 cm³/mol. The lowest BCUT2D eigenvalue weighted by molar-refractivity contribution is -0.274. The summed E-state index contributed by atoms with van der Waals surface area (Å²) in [7, 11) is 0. The number of unbranched alkanes of at least 4 members (excludes halogenated alkanes) is 1. The van der Waals surface area contributed by atoms with E-state index in [1.165, 1.54) is 28.4 Å². The number of ether oxygens (including phenoxy) is 2. The quantitative estimate of drug-likeness (QED) is 0.370. The number of alkyl halides is 3. The molecule has 1 aromatic heterocycles. The lowest BCUT2D eigenvalue weighted by Gasteiger charge is -2.15. The molecule has 0 fully saturated rings. The maximum Gasteiger partial charge on any atom is 0.573 e. The van der Waals surface area contributed by atoms with Gasteiger partial charge in [0.2, 0.25) is 0 Å². The van der Waals surface area contributed by atoms with Gasteiger partial charge in [-0.05, 0) is 48.6 Å². The first-order valence-corrected chi connectivity index (χ1v) is 11.0. The Labute approximate surface area is 187 Å². The number of halogens is 3. The van der Waals surface area contributed by atoms with Gasteiger partial charge in [-0.15, -0.1) is 24.5 Å². The van der Waals surface area contributed by atoms with Crippen LogP contribution in [0.3, 0.4) is 0 Å². The van der Waals surface area contributed by atoms with Crippen molar-refractivity contribution >= 4 is 34.4 Å². The first kappa shape index (κ1) is 23.8. The third-order valence-corrected chi connectivity index (χ3v) is 5.49. The number of rotatable bonds is 11. The minimum Gasteiger partial charge on any atom is -0.406 e. The van der Waals surface area contributed by atoms with Crippen LogP contribution in [0.2, 0.25) is 0 Å². The Balaban J connectivity index is 1.74. The highest BCUT2D eigenvalue weighted by Gasteiger charge is 2.39. The van der Waals surface area contributed by atoms with E-state index in [1.807, 2.05) is 0 Å². The van der Waals surface area contributed by atoms with E-state index in [0.29, 0.717) is 30.2 Å².